The minimum Gasteiger partial charge on any atom is -0.338 e. The Labute approximate surface area is 105 Å². The highest BCUT2D eigenvalue weighted by Crippen LogP contribution is 2.52. The van der Waals surface area contributed by atoms with Crippen molar-refractivity contribution < 1.29 is 4.79 Å². The fourth-order valence-corrected chi connectivity index (χ4v) is 4.03. The number of nitrogens with zero attached hydrogens (tertiary/aromatic N) is 1. The van der Waals surface area contributed by atoms with Gasteiger partial charge in [0, 0.05) is 19.1 Å². The molecule has 1 heterocycles. The smallest absolute Gasteiger partial charge is 0.317 e. The summed E-state index contributed by atoms with van der Waals surface area (Å²) in [6.45, 7) is 10.8. The fraction of sp³-hybridized carbons (Fsp3) is 0.929. The second-order valence-corrected chi connectivity index (χ2v) is 7.07. The van der Waals surface area contributed by atoms with Crippen molar-refractivity contribution in [3.8, 4) is 0 Å². The van der Waals surface area contributed by atoms with Crippen LogP contribution in [0.2, 0.25) is 0 Å². The zero-order valence-electron chi connectivity index (χ0n) is 11.7. The van der Waals surface area contributed by atoms with Crippen molar-refractivity contribution in [2.45, 2.75) is 59.4 Å². The van der Waals surface area contributed by atoms with Gasteiger partial charge in [-0.05, 0) is 36.5 Å². The lowest BCUT2D eigenvalue weighted by atomic mass is 9.65. The molecule has 1 saturated heterocycles. The van der Waals surface area contributed by atoms with E-state index < -0.39 is 0 Å². The van der Waals surface area contributed by atoms with Gasteiger partial charge in [0.05, 0.1) is 0 Å². The molecule has 2 atom stereocenters. The van der Waals surface area contributed by atoms with Gasteiger partial charge in [0.2, 0.25) is 0 Å². The van der Waals surface area contributed by atoms with Crippen LogP contribution in [0.4, 0.5) is 4.79 Å². The van der Waals surface area contributed by atoms with E-state index in [9.17, 15) is 4.79 Å². The zero-order valence-corrected chi connectivity index (χ0v) is 11.7. The third-order valence-electron chi connectivity index (χ3n) is 4.20. The molecule has 0 radical (unpaired) electrons. The molecule has 0 spiro atoms. The van der Waals surface area contributed by atoms with Crippen LogP contribution in [0, 0.1) is 10.8 Å². The second-order valence-electron chi connectivity index (χ2n) is 7.07. The van der Waals surface area contributed by atoms with Gasteiger partial charge >= 0.3 is 6.03 Å². The van der Waals surface area contributed by atoms with Crippen LogP contribution in [-0.2, 0) is 0 Å². The number of likely N-dealkylation sites (tertiary alicyclic amines) is 1. The van der Waals surface area contributed by atoms with E-state index in [1.807, 2.05) is 0 Å². The molecule has 3 nitrogen and oxygen atoms in total. The second kappa shape index (κ2) is 4.18. The molecule has 3 heteroatoms. The van der Waals surface area contributed by atoms with Gasteiger partial charge in [0.25, 0.3) is 0 Å². The number of fused-ring (bicyclic) bond motifs is 2. The number of hydrogen-bond donors (Lipinski definition) is 1. The summed E-state index contributed by atoms with van der Waals surface area (Å²) in [7, 11) is 0. The number of nitrogens with one attached hydrogen (secondary N) is 1. The third-order valence-corrected chi connectivity index (χ3v) is 4.20. The molecule has 17 heavy (non-hydrogen) atoms. The Hall–Kier alpha value is -0.730. The lowest BCUT2D eigenvalue weighted by molar-refractivity contribution is 0.129. The Balaban J connectivity index is 2.05. The van der Waals surface area contributed by atoms with Crippen LogP contribution in [0.3, 0.4) is 0 Å². The van der Waals surface area contributed by atoms with Crippen LogP contribution >= 0.6 is 0 Å². The largest absolute Gasteiger partial charge is 0.338 e. The maximum atomic E-state index is 12.1. The number of carbonyl (C=O) groups excluding carboxylic acids is 1. The summed E-state index contributed by atoms with van der Waals surface area (Å²) in [6.07, 6.45) is 4.60. The topological polar surface area (TPSA) is 32.3 Å². The third kappa shape index (κ3) is 2.58. The monoisotopic (exact) mass is 238 g/mol. The number of rotatable bonds is 2. The number of carbonyl (C=O) groups is 1. The molecule has 1 aliphatic carbocycles. The Morgan fingerprint density at radius 3 is 2.71 bits per heavy atom. The highest BCUT2D eigenvalue weighted by Gasteiger charge is 2.50. The molecule has 2 aliphatic rings. The first-order valence-electron chi connectivity index (χ1n) is 6.90. The van der Waals surface area contributed by atoms with Crippen molar-refractivity contribution >= 4 is 6.03 Å². The Morgan fingerprint density at radius 2 is 2.06 bits per heavy atom. The number of hydrogen-bond acceptors (Lipinski definition) is 1. The molecule has 1 saturated carbocycles. The van der Waals surface area contributed by atoms with Gasteiger partial charge in [-0.15, -0.1) is 0 Å². The Morgan fingerprint density at radius 1 is 1.35 bits per heavy atom. The normalized spacial score (nSPS) is 34.8. The lowest BCUT2D eigenvalue weighted by Crippen LogP contribution is -2.43. The van der Waals surface area contributed by atoms with Crippen LogP contribution in [0.1, 0.15) is 53.4 Å². The van der Waals surface area contributed by atoms with Gasteiger partial charge < -0.3 is 10.2 Å². The van der Waals surface area contributed by atoms with E-state index in [0.29, 0.717) is 16.9 Å². The van der Waals surface area contributed by atoms with Crippen molar-refractivity contribution in [2.75, 3.05) is 13.1 Å². The fourth-order valence-electron chi connectivity index (χ4n) is 4.03. The van der Waals surface area contributed by atoms with Crippen molar-refractivity contribution in [3.05, 3.63) is 0 Å². The summed E-state index contributed by atoms with van der Waals surface area (Å²) in [5.41, 5.74) is 0.730. The van der Waals surface area contributed by atoms with Crippen molar-refractivity contribution in [1.82, 2.24) is 10.2 Å². The van der Waals surface area contributed by atoms with Crippen LogP contribution in [0.25, 0.3) is 0 Å². The van der Waals surface area contributed by atoms with E-state index in [0.717, 1.165) is 25.9 Å². The molecule has 1 aliphatic heterocycles. The number of amides is 2. The Bertz CT molecular complexity index is 313. The average Bonchev–Trinajstić information content (AvgIpc) is 2.44. The Kier molecular flexibility index (Phi) is 3.13. The highest BCUT2D eigenvalue weighted by molar-refractivity contribution is 5.75. The van der Waals surface area contributed by atoms with E-state index in [4.69, 9.17) is 0 Å². The molecule has 2 fully saturated rings. The van der Waals surface area contributed by atoms with Crippen molar-refractivity contribution in [1.29, 1.82) is 0 Å². The first kappa shape index (κ1) is 12.7. The van der Waals surface area contributed by atoms with Gasteiger partial charge in [-0.2, -0.15) is 0 Å². The molecule has 0 aromatic carbocycles. The average molecular weight is 238 g/mol. The van der Waals surface area contributed by atoms with E-state index in [2.05, 4.69) is 37.9 Å². The standard InChI is InChI=1S/C14H26N2O/c1-5-6-15-12(17)16-10-14(4)8-11(16)7-13(2,3)9-14/h11H,5-10H2,1-4H3,(H,15,17)/t11-,14-/m1/s1. The minimum atomic E-state index is 0.151. The van der Waals surface area contributed by atoms with Crippen LogP contribution in [0.5, 0.6) is 0 Å². The molecular weight excluding hydrogens is 212 g/mol. The summed E-state index contributed by atoms with van der Waals surface area (Å²) in [6, 6.07) is 0.610. The van der Waals surface area contributed by atoms with Crippen LogP contribution in [-0.4, -0.2) is 30.1 Å². The van der Waals surface area contributed by atoms with Crippen molar-refractivity contribution in [3.63, 3.8) is 0 Å². The molecule has 1 N–H and O–H groups in total. The van der Waals surface area contributed by atoms with Gasteiger partial charge in [-0.1, -0.05) is 27.7 Å². The molecule has 98 valence electrons. The van der Waals surface area contributed by atoms with Crippen molar-refractivity contribution in [2.24, 2.45) is 10.8 Å². The van der Waals surface area contributed by atoms with Gasteiger partial charge in [-0.25, -0.2) is 4.79 Å². The van der Waals surface area contributed by atoms with Gasteiger partial charge in [0.1, 0.15) is 0 Å². The van der Waals surface area contributed by atoms with Gasteiger partial charge in [0.15, 0.2) is 0 Å². The molecular formula is C14H26N2O. The summed E-state index contributed by atoms with van der Waals surface area (Å²) in [5.74, 6) is 0. The quantitative estimate of drug-likeness (QED) is 0.788. The molecule has 0 aromatic rings. The highest BCUT2D eigenvalue weighted by atomic mass is 16.2. The number of urea groups is 1. The predicted molar refractivity (Wildman–Crippen MR) is 69.9 cm³/mol. The minimum absolute atomic E-state index is 0.151. The van der Waals surface area contributed by atoms with Gasteiger partial charge in [-0.3, -0.25) is 0 Å². The SMILES string of the molecule is CCCNC(=O)N1C[C@]2(C)C[C@H]1CC(C)(C)C2. The molecule has 0 aromatic heterocycles. The summed E-state index contributed by atoms with van der Waals surface area (Å²) in [4.78, 5) is 14.2. The zero-order chi connectivity index (χ0) is 12.7. The first-order chi connectivity index (χ1) is 7.85. The van der Waals surface area contributed by atoms with E-state index in [-0.39, 0.29) is 6.03 Å². The molecule has 2 amide bonds. The maximum Gasteiger partial charge on any atom is 0.317 e. The molecule has 2 rings (SSSR count). The van der Waals surface area contributed by atoms with E-state index in [1.165, 1.54) is 12.8 Å². The predicted octanol–water partition coefficient (Wildman–Crippen LogP) is 3.01. The molecule has 0 unspecified atom stereocenters. The molecule has 2 bridgehead atoms. The summed E-state index contributed by atoms with van der Waals surface area (Å²) >= 11 is 0. The summed E-state index contributed by atoms with van der Waals surface area (Å²) < 4.78 is 0. The van der Waals surface area contributed by atoms with E-state index >= 15 is 0 Å². The van der Waals surface area contributed by atoms with Crippen LogP contribution < -0.4 is 5.32 Å². The summed E-state index contributed by atoms with van der Waals surface area (Å²) in [5, 5.41) is 3.02. The lowest BCUT2D eigenvalue weighted by Gasteiger charge is -2.39. The van der Waals surface area contributed by atoms with E-state index in [1.54, 1.807) is 0 Å². The first-order valence-corrected chi connectivity index (χ1v) is 6.90. The van der Waals surface area contributed by atoms with Crippen LogP contribution in [0.15, 0.2) is 0 Å². The maximum absolute atomic E-state index is 12.1.